The highest BCUT2D eigenvalue weighted by molar-refractivity contribution is 5.86. The van der Waals surface area contributed by atoms with Gasteiger partial charge in [0.2, 0.25) is 0 Å². The Morgan fingerprint density at radius 1 is 1.41 bits per heavy atom. The lowest BCUT2D eigenvalue weighted by molar-refractivity contribution is -0.130. The van der Waals surface area contributed by atoms with E-state index < -0.39 is 0 Å². The van der Waals surface area contributed by atoms with Crippen LogP contribution in [0.25, 0.3) is 0 Å². The molecule has 92 valence electrons. The molecule has 0 aliphatic heterocycles. The fourth-order valence-corrected chi connectivity index (χ4v) is 1.42. The molecule has 1 aromatic rings. The molecule has 1 rings (SSSR count). The van der Waals surface area contributed by atoms with Crippen LogP contribution in [0.15, 0.2) is 35.4 Å². The SMILES string of the molecule is C/C(Cc1ccccc1)=N/N(C)C(=O)CNO. The van der Waals surface area contributed by atoms with Gasteiger partial charge in [0, 0.05) is 19.2 Å². The first-order valence-corrected chi connectivity index (χ1v) is 5.35. The van der Waals surface area contributed by atoms with Crippen molar-refractivity contribution in [2.75, 3.05) is 13.6 Å². The van der Waals surface area contributed by atoms with Gasteiger partial charge in [0.05, 0.1) is 0 Å². The summed E-state index contributed by atoms with van der Waals surface area (Å²) in [4.78, 5) is 11.3. The topological polar surface area (TPSA) is 64.9 Å². The molecule has 1 amide bonds. The van der Waals surface area contributed by atoms with Gasteiger partial charge in [0.25, 0.3) is 5.91 Å². The summed E-state index contributed by atoms with van der Waals surface area (Å²) in [6, 6.07) is 9.91. The average molecular weight is 235 g/mol. The summed E-state index contributed by atoms with van der Waals surface area (Å²) in [7, 11) is 1.56. The molecule has 0 aromatic heterocycles. The summed E-state index contributed by atoms with van der Waals surface area (Å²) in [5.74, 6) is -0.292. The van der Waals surface area contributed by atoms with Crippen LogP contribution >= 0.6 is 0 Å². The summed E-state index contributed by atoms with van der Waals surface area (Å²) in [6.07, 6.45) is 0.699. The van der Waals surface area contributed by atoms with E-state index in [0.717, 1.165) is 11.3 Å². The Morgan fingerprint density at radius 2 is 2.06 bits per heavy atom. The minimum Gasteiger partial charge on any atom is -0.316 e. The van der Waals surface area contributed by atoms with E-state index in [1.54, 1.807) is 7.05 Å². The van der Waals surface area contributed by atoms with Crippen molar-refractivity contribution < 1.29 is 10.0 Å². The number of hydrazone groups is 1. The highest BCUT2D eigenvalue weighted by atomic mass is 16.5. The van der Waals surface area contributed by atoms with E-state index in [1.165, 1.54) is 5.01 Å². The van der Waals surface area contributed by atoms with Crippen LogP contribution in [0, 0.1) is 0 Å². The molecule has 0 radical (unpaired) electrons. The molecular formula is C12H17N3O2. The van der Waals surface area contributed by atoms with Crippen molar-refractivity contribution in [1.29, 1.82) is 0 Å². The molecule has 0 atom stereocenters. The number of carbonyl (C=O) groups excluding carboxylic acids is 1. The second-order valence-corrected chi connectivity index (χ2v) is 3.75. The lowest BCUT2D eigenvalue weighted by Crippen LogP contribution is -2.31. The van der Waals surface area contributed by atoms with Gasteiger partial charge in [-0.3, -0.25) is 4.79 Å². The number of hydrogen-bond acceptors (Lipinski definition) is 4. The molecule has 0 saturated carbocycles. The van der Waals surface area contributed by atoms with Crippen LogP contribution in [0.5, 0.6) is 0 Å². The van der Waals surface area contributed by atoms with E-state index in [4.69, 9.17) is 5.21 Å². The second-order valence-electron chi connectivity index (χ2n) is 3.75. The molecule has 2 N–H and O–H groups in total. The van der Waals surface area contributed by atoms with Gasteiger partial charge in [0.1, 0.15) is 6.54 Å². The van der Waals surface area contributed by atoms with Crippen LogP contribution in [-0.4, -0.2) is 35.4 Å². The smallest absolute Gasteiger partial charge is 0.258 e. The molecule has 0 bridgehead atoms. The number of nitrogens with zero attached hydrogens (tertiary/aromatic N) is 2. The van der Waals surface area contributed by atoms with Gasteiger partial charge in [-0.25, -0.2) is 5.01 Å². The van der Waals surface area contributed by atoms with Crippen LogP contribution in [0.2, 0.25) is 0 Å². The molecule has 0 aliphatic rings. The molecule has 5 heteroatoms. The fourth-order valence-electron chi connectivity index (χ4n) is 1.42. The van der Waals surface area contributed by atoms with Gasteiger partial charge < -0.3 is 5.21 Å². The highest BCUT2D eigenvalue weighted by Gasteiger charge is 2.06. The van der Waals surface area contributed by atoms with Crippen molar-refractivity contribution in [2.45, 2.75) is 13.3 Å². The lowest BCUT2D eigenvalue weighted by Gasteiger charge is -2.12. The molecule has 5 nitrogen and oxygen atoms in total. The second kappa shape index (κ2) is 6.78. The van der Waals surface area contributed by atoms with E-state index in [1.807, 2.05) is 42.7 Å². The van der Waals surface area contributed by atoms with Crippen molar-refractivity contribution in [3.05, 3.63) is 35.9 Å². The highest BCUT2D eigenvalue weighted by Crippen LogP contribution is 2.01. The van der Waals surface area contributed by atoms with Crippen LogP contribution in [0.1, 0.15) is 12.5 Å². The Hall–Kier alpha value is -1.72. The van der Waals surface area contributed by atoms with E-state index >= 15 is 0 Å². The normalized spacial score (nSPS) is 11.4. The number of hydrogen-bond donors (Lipinski definition) is 2. The molecule has 0 aliphatic carbocycles. The standard InChI is InChI=1S/C12H17N3O2/c1-10(8-11-6-4-3-5-7-11)14-15(2)12(16)9-13-17/h3-7,13,17H,8-9H2,1-2H3/b14-10-. The lowest BCUT2D eigenvalue weighted by atomic mass is 10.1. The Balaban J connectivity index is 2.57. The monoisotopic (exact) mass is 235 g/mol. The quantitative estimate of drug-likeness (QED) is 0.592. The maximum absolute atomic E-state index is 11.3. The Labute approximate surface area is 101 Å². The van der Waals surface area contributed by atoms with E-state index in [-0.39, 0.29) is 12.5 Å². The summed E-state index contributed by atoms with van der Waals surface area (Å²) in [5, 5.41) is 13.8. The van der Waals surface area contributed by atoms with Gasteiger partial charge in [-0.2, -0.15) is 10.6 Å². The number of hydroxylamine groups is 1. The predicted octanol–water partition coefficient (Wildman–Crippen LogP) is 1.04. The largest absolute Gasteiger partial charge is 0.316 e. The number of rotatable bonds is 5. The van der Waals surface area contributed by atoms with Crippen LogP contribution in [0.3, 0.4) is 0 Å². The average Bonchev–Trinajstić information content (AvgIpc) is 2.30. The maximum atomic E-state index is 11.3. The van der Waals surface area contributed by atoms with Crippen molar-refractivity contribution in [2.24, 2.45) is 5.10 Å². The number of likely N-dealkylation sites (N-methyl/N-ethyl adjacent to an activating group) is 1. The Morgan fingerprint density at radius 3 is 2.65 bits per heavy atom. The molecule has 17 heavy (non-hydrogen) atoms. The van der Waals surface area contributed by atoms with Crippen LogP contribution in [-0.2, 0) is 11.2 Å². The minimum absolute atomic E-state index is 0.140. The number of carbonyl (C=O) groups is 1. The third kappa shape index (κ3) is 4.76. The van der Waals surface area contributed by atoms with Gasteiger partial charge in [-0.05, 0) is 12.5 Å². The van der Waals surface area contributed by atoms with Crippen LogP contribution < -0.4 is 5.48 Å². The third-order valence-corrected chi connectivity index (χ3v) is 2.21. The first kappa shape index (κ1) is 13.3. The predicted molar refractivity (Wildman–Crippen MR) is 65.8 cm³/mol. The number of amides is 1. The zero-order chi connectivity index (χ0) is 12.7. The van der Waals surface area contributed by atoms with E-state index in [9.17, 15) is 4.79 Å². The van der Waals surface area contributed by atoms with Crippen LogP contribution in [0.4, 0.5) is 0 Å². The Bertz CT molecular complexity index is 390. The molecular weight excluding hydrogens is 218 g/mol. The zero-order valence-electron chi connectivity index (χ0n) is 10.1. The van der Waals surface area contributed by atoms with Crippen molar-refractivity contribution in [3.63, 3.8) is 0 Å². The molecule has 0 unspecified atom stereocenters. The maximum Gasteiger partial charge on any atom is 0.258 e. The summed E-state index contributed by atoms with van der Waals surface area (Å²) in [5.41, 5.74) is 3.80. The molecule has 0 heterocycles. The van der Waals surface area contributed by atoms with Gasteiger partial charge in [-0.15, -0.1) is 0 Å². The fraction of sp³-hybridized carbons (Fsp3) is 0.333. The molecule has 0 spiro atoms. The van der Waals surface area contributed by atoms with Crippen molar-refractivity contribution in [1.82, 2.24) is 10.5 Å². The van der Waals surface area contributed by atoms with Gasteiger partial charge in [-0.1, -0.05) is 30.3 Å². The summed E-state index contributed by atoms with van der Waals surface area (Å²) in [6.45, 7) is 1.72. The van der Waals surface area contributed by atoms with Crippen molar-refractivity contribution in [3.8, 4) is 0 Å². The summed E-state index contributed by atoms with van der Waals surface area (Å²) < 4.78 is 0. The summed E-state index contributed by atoms with van der Waals surface area (Å²) >= 11 is 0. The minimum atomic E-state index is -0.292. The number of nitrogens with one attached hydrogen (secondary N) is 1. The van der Waals surface area contributed by atoms with Gasteiger partial charge in [0.15, 0.2) is 0 Å². The molecule has 0 fully saturated rings. The van der Waals surface area contributed by atoms with Crippen molar-refractivity contribution >= 4 is 11.6 Å². The molecule has 1 aromatic carbocycles. The first-order valence-electron chi connectivity index (χ1n) is 5.35. The number of benzene rings is 1. The van der Waals surface area contributed by atoms with Gasteiger partial charge >= 0.3 is 0 Å². The van der Waals surface area contributed by atoms with E-state index in [0.29, 0.717) is 6.42 Å². The Kier molecular flexibility index (Phi) is 5.32. The molecule has 0 saturated heterocycles. The van der Waals surface area contributed by atoms with E-state index in [2.05, 4.69) is 5.10 Å². The first-order chi connectivity index (χ1) is 8.13. The zero-order valence-corrected chi connectivity index (χ0v) is 10.1. The third-order valence-electron chi connectivity index (χ3n) is 2.21.